The van der Waals surface area contributed by atoms with E-state index in [1.54, 1.807) is 11.6 Å². The molecule has 0 saturated carbocycles. The zero-order valence-corrected chi connectivity index (χ0v) is 11.1. The second-order valence-electron chi connectivity index (χ2n) is 3.84. The second-order valence-corrected chi connectivity index (χ2v) is 4.56. The van der Waals surface area contributed by atoms with Gasteiger partial charge in [-0.25, -0.2) is 9.78 Å². The van der Waals surface area contributed by atoms with Crippen molar-refractivity contribution < 1.29 is 14.7 Å². The second kappa shape index (κ2) is 6.58. The summed E-state index contributed by atoms with van der Waals surface area (Å²) >= 11 is 1.46. The predicted molar refractivity (Wildman–Crippen MR) is 74.2 cm³/mol. The molecule has 0 aromatic carbocycles. The lowest BCUT2D eigenvalue weighted by Gasteiger charge is -2.03. The van der Waals surface area contributed by atoms with Gasteiger partial charge in [0, 0.05) is 23.8 Å². The first-order valence-electron chi connectivity index (χ1n) is 5.66. The van der Waals surface area contributed by atoms with Gasteiger partial charge in [0.1, 0.15) is 0 Å². The first-order chi connectivity index (χ1) is 9.65. The van der Waals surface area contributed by atoms with Crippen molar-refractivity contribution in [1.82, 2.24) is 15.3 Å². The van der Waals surface area contributed by atoms with E-state index < -0.39 is 5.97 Å². The summed E-state index contributed by atoms with van der Waals surface area (Å²) in [5.74, 6) is -1.33. The van der Waals surface area contributed by atoms with Gasteiger partial charge in [0.25, 0.3) is 5.91 Å². The summed E-state index contributed by atoms with van der Waals surface area (Å²) in [6.45, 7) is 0.345. The Bertz CT molecular complexity index is 638. The fourth-order valence-electron chi connectivity index (χ4n) is 1.44. The van der Waals surface area contributed by atoms with E-state index >= 15 is 0 Å². The molecule has 2 aromatic rings. The third kappa shape index (κ3) is 3.99. The van der Waals surface area contributed by atoms with Crippen LogP contribution < -0.4 is 5.32 Å². The van der Waals surface area contributed by atoms with Crippen molar-refractivity contribution in [2.24, 2.45) is 0 Å². The summed E-state index contributed by atoms with van der Waals surface area (Å²) in [6, 6.07) is 1.57. The van der Waals surface area contributed by atoms with Gasteiger partial charge in [0.05, 0.1) is 23.3 Å². The van der Waals surface area contributed by atoms with Gasteiger partial charge >= 0.3 is 5.97 Å². The maximum atomic E-state index is 11.9. The number of nitrogens with zero attached hydrogens (tertiary/aromatic N) is 2. The Morgan fingerprint density at radius 2 is 2.25 bits per heavy atom. The molecule has 0 bridgehead atoms. The molecule has 0 atom stereocenters. The van der Waals surface area contributed by atoms with Gasteiger partial charge in [-0.1, -0.05) is 0 Å². The Morgan fingerprint density at radius 3 is 2.95 bits per heavy atom. The number of rotatable bonds is 5. The molecule has 0 unspecified atom stereocenters. The number of carboxylic acids is 1. The molecule has 0 aliphatic carbocycles. The number of carboxylic acid groups (broad SMARTS) is 1. The number of pyridine rings is 1. The minimum Gasteiger partial charge on any atom is -0.478 e. The molecule has 2 rings (SSSR count). The average Bonchev–Trinajstić information content (AvgIpc) is 2.96. The van der Waals surface area contributed by atoms with Crippen molar-refractivity contribution in [3.63, 3.8) is 0 Å². The van der Waals surface area contributed by atoms with Crippen molar-refractivity contribution in [1.29, 1.82) is 0 Å². The van der Waals surface area contributed by atoms with Gasteiger partial charge in [-0.3, -0.25) is 9.78 Å². The maximum Gasteiger partial charge on any atom is 0.328 e. The third-order valence-corrected chi connectivity index (χ3v) is 2.99. The van der Waals surface area contributed by atoms with Crippen molar-refractivity contribution in [2.45, 2.75) is 6.54 Å². The van der Waals surface area contributed by atoms with Crippen LogP contribution >= 0.6 is 11.3 Å². The molecule has 20 heavy (non-hydrogen) atoms. The SMILES string of the molecule is O=C(O)C=Cc1cncc(C(=O)NCc2cscn2)c1. The number of aliphatic carboxylic acids is 1. The first kappa shape index (κ1) is 13.9. The van der Waals surface area contributed by atoms with Crippen LogP contribution in [0.5, 0.6) is 0 Å². The van der Waals surface area contributed by atoms with Gasteiger partial charge in [-0.05, 0) is 17.7 Å². The highest BCUT2D eigenvalue weighted by Gasteiger charge is 2.06. The summed E-state index contributed by atoms with van der Waals surface area (Å²) in [7, 11) is 0. The average molecular weight is 289 g/mol. The molecule has 7 heteroatoms. The number of hydrogen-bond donors (Lipinski definition) is 2. The topological polar surface area (TPSA) is 92.2 Å². The highest BCUT2D eigenvalue weighted by Crippen LogP contribution is 2.06. The smallest absolute Gasteiger partial charge is 0.328 e. The van der Waals surface area contributed by atoms with E-state index in [9.17, 15) is 9.59 Å². The largest absolute Gasteiger partial charge is 0.478 e. The van der Waals surface area contributed by atoms with E-state index in [2.05, 4.69) is 15.3 Å². The van der Waals surface area contributed by atoms with Crippen molar-refractivity contribution in [3.05, 3.63) is 52.2 Å². The highest BCUT2D eigenvalue weighted by atomic mass is 32.1. The quantitative estimate of drug-likeness (QED) is 0.815. The van der Waals surface area contributed by atoms with E-state index in [-0.39, 0.29) is 5.91 Å². The van der Waals surface area contributed by atoms with Gasteiger partial charge in [-0.2, -0.15) is 0 Å². The highest BCUT2D eigenvalue weighted by molar-refractivity contribution is 7.07. The molecule has 102 valence electrons. The molecule has 0 fully saturated rings. The Kier molecular flexibility index (Phi) is 4.56. The van der Waals surface area contributed by atoms with Crippen LogP contribution in [-0.4, -0.2) is 27.0 Å². The number of carbonyl (C=O) groups excluding carboxylic acids is 1. The Labute approximate surface area is 118 Å². The van der Waals surface area contributed by atoms with Gasteiger partial charge < -0.3 is 10.4 Å². The lowest BCUT2D eigenvalue weighted by Crippen LogP contribution is -2.23. The predicted octanol–water partition coefficient (Wildman–Crippen LogP) is 1.57. The van der Waals surface area contributed by atoms with Crippen molar-refractivity contribution in [2.75, 3.05) is 0 Å². The van der Waals surface area contributed by atoms with Crippen LogP contribution in [0.2, 0.25) is 0 Å². The first-order valence-corrected chi connectivity index (χ1v) is 6.61. The molecular formula is C13H11N3O3S. The number of carbonyl (C=O) groups is 2. The molecule has 1 amide bonds. The lowest BCUT2D eigenvalue weighted by molar-refractivity contribution is -0.131. The molecule has 0 spiro atoms. The third-order valence-electron chi connectivity index (χ3n) is 2.35. The van der Waals surface area contributed by atoms with Crippen LogP contribution in [0.15, 0.2) is 35.4 Å². The summed E-state index contributed by atoms with van der Waals surface area (Å²) in [5.41, 5.74) is 3.40. The maximum absolute atomic E-state index is 11.9. The van der Waals surface area contributed by atoms with E-state index in [1.807, 2.05) is 5.38 Å². The monoisotopic (exact) mass is 289 g/mol. The number of thiazole rings is 1. The zero-order valence-electron chi connectivity index (χ0n) is 10.3. The van der Waals surface area contributed by atoms with Crippen molar-refractivity contribution in [3.8, 4) is 0 Å². The molecule has 6 nitrogen and oxygen atoms in total. The van der Waals surface area contributed by atoms with Crippen LogP contribution in [-0.2, 0) is 11.3 Å². The molecule has 2 heterocycles. The van der Waals surface area contributed by atoms with E-state index in [1.165, 1.54) is 29.8 Å². The Hall–Kier alpha value is -2.54. The molecular weight excluding hydrogens is 278 g/mol. The molecule has 0 saturated heterocycles. The van der Waals surface area contributed by atoms with Gasteiger partial charge in [-0.15, -0.1) is 11.3 Å². The number of nitrogens with one attached hydrogen (secondary N) is 1. The summed E-state index contributed by atoms with van der Waals surface area (Å²) in [4.78, 5) is 30.3. The van der Waals surface area contributed by atoms with E-state index in [0.717, 1.165) is 11.8 Å². The lowest BCUT2D eigenvalue weighted by atomic mass is 10.2. The fourth-order valence-corrected chi connectivity index (χ4v) is 2.00. The Balaban J connectivity index is 2.02. The number of amides is 1. The fraction of sp³-hybridized carbons (Fsp3) is 0.0769. The summed E-state index contributed by atoms with van der Waals surface area (Å²) in [5, 5.41) is 13.1. The molecule has 2 N–H and O–H groups in total. The number of aromatic nitrogens is 2. The summed E-state index contributed by atoms with van der Waals surface area (Å²) < 4.78 is 0. The minimum atomic E-state index is -1.05. The number of hydrogen-bond acceptors (Lipinski definition) is 5. The molecule has 0 radical (unpaired) electrons. The van der Waals surface area contributed by atoms with Gasteiger partial charge in [0.15, 0.2) is 0 Å². The Morgan fingerprint density at radius 1 is 1.40 bits per heavy atom. The van der Waals surface area contributed by atoms with Crippen LogP contribution in [0.3, 0.4) is 0 Å². The van der Waals surface area contributed by atoms with Crippen LogP contribution in [0.4, 0.5) is 0 Å². The molecule has 0 aliphatic rings. The zero-order chi connectivity index (χ0) is 14.4. The van der Waals surface area contributed by atoms with Crippen LogP contribution in [0.25, 0.3) is 6.08 Å². The molecule has 0 aliphatic heterocycles. The standard InChI is InChI=1S/C13H11N3O3S/c17-12(18)2-1-9-3-10(5-14-4-9)13(19)15-6-11-7-20-8-16-11/h1-5,7-8H,6H2,(H,15,19)(H,17,18). The summed E-state index contributed by atoms with van der Waals surface area (Å²) in [6.07, 6.45) is 5.28. The van der Waals surface area contributed by atoms with Gasteiger partial charge in [0.2, 0.25) is 0 Å². The van der Waals surface area contributed by atoms with E-state index in [4.69, 9.17) is 5.11 Å². The minimum absolute atomic E-state index is 0.281. The van der Waals surface area contributed by atoms with E-state index in [0.29, 0.717) is 17.7 Å². The molecule has 2 aromatic heterocycles. The van der Waals surface area contributed by atoms with Crippen LogP contribution in [0, 0.1) is 0 Å². The van der Waals surface area contributed by atoms with Crippen molar-refractivity contribution >= 4 is 29.3 Å². The normalized spacial score (nSPS) is 10.6. The van der Waals surface area contributed by atoms with Crippen LogP contribution in [0.1, 0.15) is 21.6 Å².